The van der Waals surface area contributed by atoms with Crippen LogP contribution in [0.25, 0.3) is 0 Å². The van der Waals surface area contributed by atoms with Gasteiger partial charge in [-0.25, -0.2) is 0 Å². The Kier molecular flexibility index (Phi) is 7.85. The van der Waals surface area contributed by atoms with Gasteiger partial charge in [-0.1, -0.05) is 37.0 Å². The van der Waals surface area contributed by atoms with Gasteiger partial charge < -0.3 is 16.0 Å². The summed E-state index contributed by atoms with van der Waals surface area (Å²) in [7, 11) is 0. The lowest BCUT2D eigenvalue weighted by atomic mass is 10.2. The quantitative estimate of drug-likeness (QED) is 0.646. The molecule has 3 N–H and O–H groups in total. The molecule has 8 heteroatoms. The Morgan fingerprint density at radius 3 is 2.30 bits per heavy atom. The molecule has 0 aliphatic rings. The summed E-state index contributed by atoms with van der Waals surface area (Å²) in [5, 5.41) is 8.35. The van der Waals surface area contributed by atoms with Gasteiger partial charge in [-0.3, -0.25) is 14.4 Å². The highest BCUT2D eigenvalue weighted by Crippen LogP contribution is 2.20. The second kappa shape index (κ2) is 9.37. The molecule has 0 spiro atoms. The molecular formula is C15H19Cl2N3O3. The lowest BCUT2D eigenvalue weighted by Crippen LogP contribution is -2.41. The lowest BCUT2D eigenvalue weighted by Gasteiger charge is -2.10. The molecule has 0 saturated carbocycles. The molecule has 3 amide bonds. The van der Waals surface area contributed by atoms with E-state index in [0.717, 1.165) is 0 Å². The molecule has 0 unspecified atom stereocenters. The third kappa shape index (κ3) is 6.88. The first kappa shape index (κ1) is 19.3. The molecule has 0 fully saturated rings. The first-order valence-corrected chi connectivity index (χ1v) is 7.84. The van der Waals surface area contributed by atoms with Crippen LogP contribution in [0, 0.1) is 5.92 Å². The average molecular weight is 360 g/mol. The van der Waals surface area contributed by atoms with E-state index in [1.54, 1.807) is 19.9 Å². The Bertz CT molecular complexity index is 591. The molecule has 0 atom stereocenters. The fourth-order valence-corrected chi connectivity index (χ4v) is 2.08. The monoisotopic (exact) mass is 359 g/mol. The van der Waals surface area contributed by atoms with E-state index in [1.165, 1.54) is 12.1 Å². The van der Waals surface area contributed by atoms with Crippen molar-refractivity contribution in [3.63, 3.8) is 0 Å². The van der Waals surface area contributed by atoms with Gasteiger partial charge in [-0.05, 0) is 18.2 Å². The van der Waals surface area contributed by atoms with Crippen molar-refractivity contribution < 1.29 is 14.4 Å². The summed E-state index contributed by atoms with van der Waals surface area (Å²) < 4.78 is 0. The summed E-state index contributed by atoms with van der Waals surface area (Å²) in [4.78, 5) is 34.8. The number of rotatable bonds is 7. The highest BCUT2D eigenvalue weighted by Gasteiger charge is 2.12. The number of nitrogens with one attached hydrogen (secondary N) is 3. The van der Waals surface area contributed by atoms with Crippen LogP contribution in [-0.2, 0) is 9.59 Å². The fraction of sp³-hybridized carbons (Fsp3) is 0.400. The summed E-state index contributed by atoms with van der Waals surface area (Å²) in [6, 6.07) is 4.48. The summed E-state index contributed by atoms with van der Waals surface area (Å²) in [5.41, 5.74) is 0.244. The van der Waals surface area contributed by atoms with Gasteiger partial charge in [0.15, 0.2) is 0 Å². The molecule has 0 radical (unpaired) electrons. The van der Waals surface area contributed by atoms with Gasteiger partial charge in [-0.15, -0.1) is 0 Å². The Morgan fingerprint density at radius 1 is 1.04 bits per heavy atom. The van der Waals surface area contributed by atoms with E-state index >= 15 is 0 Å². The molecule has 1 aromatic rings. The van der Waals surface area contributed by atoms with Crippen LogP contribution >= 0.6 is 23.2 Å². The van der Waals surface area contributed by atoms with Gasteiger partial charge in [0.2, 0.25) is 11.8 Å². The normalized spacial score (nSPS) is 10.3. The van der Waals surface area contributed by atoms with Crippen LogP contribution in [0.5, 0.6) is 0 Å². The predicted molar refractivity (Wildman–Crippen MR) is 89.7 cm³/mol. The van der Waals surface area contributed by atoms with Crippen molar-refractivity contribution >= 4 is 40.9 Å². The molecule has 23 heavy (non-hydrogen) atoms. The summed E-state index contributed by atoms with van der Waals surface area (Å²) in [6.07, 6.45) is 0. The second-order valence-electron chi connectivity index (χ2n) is 5.10. The molecule has 1 aromatic carbocycles. The zero-order valence-corrected chi connectivity index (χ0v) is 14.4. The zero-order valence-electron chi connectivity index (χ0n) is 12.9. The number of carbonyl (C=O) groups is 3. The van der Waals surface area contributed by atoms with Gasteiger partial charge in [0.05, 0.1) is 17.1 Å². The molecule has 0 aromatic heterocycles. The van der Waals surface area contributed by atoms with Crippen molar-refractivity contribution in [1.29, 1.82) is 0 Å². The van der Waals surface area contributed by atoms with Gasteiger partial charge >= 0.3 is 0 Å². The van der Waals surface area contributed by atoms with Crippen molar-refractivity contribution in [2.75, 3.05) is 19.6 Å². The molecule has 0 heterocycles. The molecule has 0 bridgehead atoms. The largest absolute Gasteiger partial charge is 0.354 e. The Hall–Kier alpha value is -1.79. The van der Waals surface area contributed by atoms with Crippen LogP contribution in [0.4, 0.5) is 0 Å². The van der Waals surface area contributed by atoms with E-state index in [1.807, 2.05) is 0 Å². The first-order chi connectivity index (χ1) is 10.8. The molecular weight excluding hydrogens is 341 g/mol. The highest BCUT2D eigenvalue weighted by atomic mass is 35.5. The number of halogens is 2. The maximum Gasteiger partial charge on any atom is 0.253 e. The van der Waals surface area contributed by atoms with Crippen molar-refractivity contribution in [3.05, 3.63) is 33.8 Å². The van der Waals surface area contributed by atoms with E-state index in [9.17, 15) is 14.4 Å². The third-order valence-corrected chi connectivity index (χ3v) is 3.40. The Labute approximate surface area is 144 Å². The van der Waals surface area contributed by atoms with E-state index in [2.05, 4.69) is 16.0 Å². The predicted octanol–water partition coefficient (Wildman–Crippen LogP) is 1.61. The Morgan fingerprint density at radius 2 is 1.70 bits per heavy atom. The molecule has 1 rings (SSSR count). The van der Waals surface area contributed by atoms with Crippen LogP contribution in [0.1, 0.15) is 24.2 Å². The average Bonchev–Trinajstić information content (AvgIpc) is 2.48. The lowest BCUT2D eigenvalue weighted by molar-refractivity contribution is -0.124. The standard InChI is InChI=1S/C15H19Cl2N3O3/c1-9(2)14(22)19-6-5-18-13(21)8-20-15(23)11-4-3-10(16)7-12(11)17/h3-4,7,9H,5-6,8H2,1-2H3,(H,18,21)(H,19,22)(H,20,23). The van der Waals surface area contributed by atoms with E-state index in [0.29, 0.717) is 11.6 Å². The summed E-state index contributed by atoms with van der Waals surface area (Å²) >= 11 is 11.7. The van der Waals surface area contributed by atoms with Crippen LogP contribution < -0.4 is 16.0 Å². The van der Waals surface area contributed by atoms with E-state index < -0.39 is 5.91 Å². The fourth-order valence-electron chi connectivity index (χ4n) is 1.58. The van der Waals surface area contributed by atoms with Crippen LogP contribution in [-0.4, -0.2) is 37.4 Å². The van der Waals surface area contributed by atoms with Gasteiger partial charge in [-0.2, -0.15) is 0 Å². The summed E-state index contributed by atoms with van der Waals surface area (Å²) in [6.45, 7) is 4.00. The molecule has 0 aliphatic carbocycles. The third-order valence-electron chi connectivity index (χ3n) is 2.86. The minimum Gasteiger partial charge on any atom is -0.354 e. The topological polar surface area (TPSA) is 87.3 Å². The smallest absolute Gasteiger partial charge is 0.253 e. The maximum atomic E-state index is 11.9. The van der Waals surface area contributed by atoms with Crippen LogP contribution in [0.3, 0.4) is 0 Å². The van der Waals surface area contributed by atoms with Crippen molar-refractivity contribution in [2.24, 2.45) is 5.92 Å². The highest BCUT2D eigenvalue weighted by molar-refractivity contribution is 6.36. The zero-order chi connectivity index (χ0) is 17.4. The van der Waals surface area contributed by atoms with E-state index in [4.69, 9.17) is 23.2 Å². The maximum absolute atomic E-state index is 11.9. The minimum atomic E-state index is -0.463. The van der Waals surface area contributed by atoms with E-state index in [-0.39, 0.29) is 41.4 Å². The summed E-state index contributed by atoms with van der Waals surface area (Å²) in [5.74, 6) is -1.00. The van der Waals surface area contributed by atoms with Crippen molar-refractivity contribution in [3.8, 4) is 0 Å². The number of benzene rings is 1. The first-order valence-electron chi connectivity index (χ1n) is 7.09. The van der Waals surface area contributed by atoms with Gasteiger partial charge in [0.25, 0.3) is 5.91 Å². The molecule has 126 valence electrons. The SMILES string of the molecule is CC(C)C(=O)NCCNC(=O)CNC(=O)c1ccc(Cl)cc1Cl. The number of hydrogen-bond donors (Lipinski definition) is 3. The van der Waals surface area contributed by atoms with Crippen molar-refractivity contribution in [2.45, 2.75) is 13.8 Å². The van der Waals surface area contributed by atoms with Gasteiger partial charge in [0, 0.05) is 24.0 Å². The van der Waals surface area contributed by atoms with Crippen molar-refractivity contribution in [1.82, 2.24) is 16.0 Å². The second-order valence-corrected chi connectivity index (χ2v) is 5.95. The molecule has 0 saturated heterocycles. The van der Waals surface area contributed by atoms with Crippen LogP contribution in [0.15, 0.2) is 18.2 Å². The Balaban J connectivity index is 2.30. The molecule has 0 aliphatic heterocycles. The number of carbonyl (C=O) groups excluding carboxylic acids is 3. The molecule has 6 nitrogen and oxygen atoms in total. The minimum absolute atomic E-state index is 0.0788. The van der Waals surface area contributed by atoms with Crippen LogP contribution in [0.2, 0.25) is 10.0 Å². The van der Waals surface area contributed by atoms with Gasteiger partial charge in [0.1, 0.15) is 0 Å². The number of amides is 3. The number of hydrogen-bond acceptors (Lipinski definition) is 3.